The number of carbonyl (C=O) groups excluding carboxylic acids is 4. The van der Waals surface area contributed by atoms with Crippen molar-refractivity contribution in [2.75, 3.05) is 6.54 Å². The van der Waals surface area contributed by atoms with Gasteiger partial charge in [-0.25, -0.2) is 13.2 Å². The van der Waals surface area contributed by atoms with Crippen molar-refractivity contribution >= 4 is 33.8 Å². The summed E-state index contributed by atoms with van der Waals surface area (Å²) in [5, 5.41) is 4.81. The van der Waals surface area contributed by atoms with Gasteiger partial charge in [0, 0.05) is 29.7 Å². The Kier molecular flexibility index (Phi) is 9.63. The number of carbonyl (C=O) groups is 4. The summed E-state index contributed by atoms with van der Waals surface area (Å²) >= 11 is 0. The molecule has 15 heteroatoms. The van der Waals surface area contributed by atoms with Gasteiger partial charge in [0.2, 0.25) is 21.8 Å². The van der Waals surface area contributed by atoms with Gasteiger partial charge in [-0.3, -0.25) is 24.1 Å². The average molecular weight is 700 g/mol. The molecule has 3 heterocycles. The van der Waals surface area contributed by atoms with Crippen molar-refractivity contribution in [3.63, 3.8) is 0 Å². The lowest BCUT2D eigenvalue weighted by Gasteiger charge is -2.36. The summed E-state index contributed by atoms with van der Waals surface area (Å²) in [5.74, 6) is -2.19. The topological polar surface area (TPSA) is 186 Å². The number of nitrogens with one attached hydrogen (secondary N) is 3. The van der Waals surface area contributed by atoms with E-state index in [4.69, 9.17) is 13.9 Å². The Bertz CT molecular complexity index is 1710. The van der Waals surface area contributed by atoms with Crippen LogP contribution in [0.2, 0.25) is 0 Å². The van der Waals surface area contributed by atoms with Gasteiger partial charge in [-0.15, -0.1) is 6.58 Å². The highest BCUT2D eigenvalue weighted by atomic mass is 32.2. The Morgan fingerprint density at radius 2 is 1.84 bits per heavy atom. The van der Waals surface area contributed by atoms with E-state index >= 15 is 0 Å². The number of hydrogen-bond donors (Lipinski definition) is 3. The molecule has 2 aromatic heterocycles. The second-order valence-electron chi connectivity index (χ2n) is 15.0. The second kappa shape index (κ2) is 13.1. The maximum atomic E-state index is 14.3. The summed E-state index contributed by atoms with van der Waals surface area (Å²) in [5.41, 5.74) is -1.65. The van der Waals surface area contributed by atoms with Crippen LogP contribution < -0.4 is 20.1 Å². The Hall–Kier alpha value is -4.40. The first-order valence-electron chi connectivity index (χ1n) is 16.3. The van der Waals surface area contributed by atoms with Gasteiger partial charge in [0.25, 0.3) is 5.91 Å². The van der Waals surface area contributed by atoms with Crippen LogP contribution in [0.5, 0.6) is 5.75 Å². The number of pyridine rings is 1. The van der Waals surface area contributed by atoms with Gasteiger partial charge < -0.3 is 29.4 Å². The highest BCUT2D eigenvalue weighted by Crippen LogP contribution is 2.45. The molecule has 3 N–H and O–H groups in total. The molecule has 2 aromatic rings. The van der Waals surface area contributed by atoms with Crippen LogP contribution in [0.4, 0.5) is 4.79 Å². The monoisotopic (exact) mass is 699 g/mol. The number of sulfonamides is 1. The van der Waals surface area contributed by atoms with Crippen LogP contribution in [0.3, 0.4) is 0 Å². The van der Waals surface area contributed by atoms with E-state index < -0.39 is 79.7 Å². The minimum absolute atomic E-state index is 0.0322. The van der Waals surface area contributed by atoms with Gasteiger partial charge in [0.05, 0.1) is 30.5 Å². The Morgan fingerprint density at radius 3 is 2.41 bits per heavy atom. The van der Waals surface area contributed by atoms with E-state index in [0.717, 1.165) is 11.1 Å². The Balaban J connectivity index is 1.41. The van der Waals surface area contributed by atoms with Gasteiger partial charge in [0.15, 0.2) is 0 Å². The van der Waals surface area contributed by atoms with Crippen LogP contribution in [-0.2, 0) is 29.1 Å². The van der Waals surface area contributed by atoms with Gasteiger partial charge in [-0.2, -0.15) is 0 Å². The fourth-order valence-electron chi connectivity index (χ4n) is 5.90. The Labute approximate surface area is 286 Å². The van der Waals surface area contributed by atoms with Crippen molar-refractivity contribution in [1.29, 1.82) is 0 Å². The number of alkyl carbamates (subject to hydrolysis) is 1. The number of ether oxygens (including phenoxy) is 2. The predicted molar refractivity (Wildman–Crippen MR) is 178 cm³/mol. The fraction of sp³-hybridized carbons (Fsp3) is 0.559. The van der Waals surface area contributed by atoms with Crippen molar-refractivity contribution in [2.24, 2.45) is 11.3 Å². The van der Waals surface area contributed by atoms with Crippen LogP contribution >= 0.6 is 0 Å². The Morgan fingerprint density at radius 1 is 1.12 bits per heavy atom. The predicted octanol–water partition coefficient (Wildman–Crippen LogP) is 3.30. The van der Waals surface area contributed by atoms with Crippen LogP contribution in [0.25, 0.3) is 11.1 Å². The molecule has 3 fully saturated rings. The molecule has 0 radical (unpaired) electrons. The van der Waals surface area contributed by atoms with Gasteiger partial charge in [0.1, 0.15) is 35.1 Å². The van der Waals surface area contributed by atoms with Crippen LogP contribution in [0.1, 0.15) is 67.2 Å². The summed E-state index contributed by atoms with van der Waals surface area (Å²) in [7, 11) is -3.89. The van der Waals surface area contributed by atoms with Crippen molar-refractivity contribution in [1.82, 2.24) is 25.2 Å². The summed E-state index contributed by atoms with van der Waals surface area (Å²) in [6.07, 6.45) is 7.38. The van der Waals surface area contributed by atoms with Crippen molar-refractivity contribution < 1.29 is 41.5 Å². The number of hydrogen-bond acceptors (Lipinski definition) is 10. The normalized spacial score (nSPS) is 24.4. The lowest BCUT2D eigenvalue weighted by atomic mass is 9.85. The largest absolute Gasteiger partial charge is 0.487 e. The molecule has 5 rings (SSSR count). The molecule has 1 aliphatic heterocycles. The smallest absolute Gasteiger partial charge is 0.408 e. The molecule has 49 heavy (non-hydrogen) atoms. The number of aromatic nitrogens is 1. The van der Waals surface area contributed by atoms with E-state index in [0.29, 0.717) is 18.6 Å². The third-order valence-corrected chi connectivity index (χ3v) is 10.6. The molecule has 0 aromatic carbocycles. The first-order valence-corrected chi connectivity index (χ1v) is 17.8. The molecule has 4 amide bonds. The maximum absolute atomic E-state index is 14.3. The number of likely N-dealkylation sites (tertiary alicyclic amines) is 1. The zero-order chi connectivity index (χ0) is 35.9. The highest BCUT2D eigenvalue weighted by Gasteiger charge is 2.62. The molecule has 2 saturated carbocycles. The van der Waals surface area contributed by atoms with Crippen LogP contribution in [0.15, 0.2) is 54.1 Å². The minimum atomic E-state index is -3.89. The standard InChI is InChI=1S/C34H45N5O9S/c1-8-22-15-34(22,30(42)38-49(44,45)25-9-10-25)37-28(40)26-14-24(47-23-13-21(16-35-17-23)20-11-12-46-19-20)18-39(26)29(41)27(32(2,3)4)36-31(43)48-33(5,6)7/h8,11-13,16-17,19,22,24-27H,1,9-10,14-15,18H2,2-7H3,(H,36,43)(H,37,40)(H,38,42)/t22-,24-,26+,27-,34-/m1/s1. The molecule has 5 atom stereocenters. The first-order chi connectivity index (χ1) is 22.8. The van der Waals surface area contributed by atoms with Crippen molar-refractivity contribution in [3.8, 4) is 16.9 Å². The molecule has 266 valence electrons. The number of nitrogens with zero attached hydrogens (tertiary/aromatic N) is 2. The minimum Gasteiger partial charge on any atom is -0.487 e. The molecular weight excluding hydrogens is 654 g/mol. The second-order valence-corrected chi connectivity index (χ2v) is 17.0. The third kappa shape index (κ3) is 8.26. The van der Waals surface area contributed by atoms with Gasteiger partial charge in [-0.05, 0) is 57.6 Å². The molecule has 1 saturated heterocycles. The highest BCUT2D eigenvalue weighted by molar-refractivity contribution is 7.91. The van der Waals surface area contributed by atoms with E-state index in [9.17, 15) is 27.6 Å². The van der Waals surface area contributed by atoms with Gasteiger partial charge in [-0.1, -0.05) is 26.8 Å². The van der Waals surface area contributed by atoms with E-state index in [1.807, 2.05) is 0 Å². The van der Waals surface area contributed by atoms with Crippen molar-refractivity contribution in [2.45, 2.75) is 102 Å². The maximum Gasteiger partial charge on any atom is 0.408 e. The zero-order valence-corrected chi connectivity index (χ0v) is 29.5. The number of rotatable bonds is 11. The van der Waals surface area contributed by atoms with Gasteiger partial charge >= 0.3 is 6.09 Å². The molecule has 14 nitrogen and oxygen atoms in total. The summed E-state index contributed by atoms with van der Waals surface area (Å²) in [4.78, 5) is 60.3. The quantitative estimate of drug-likeness (QED) is 0.294. The molecule has 2 aliphatic carbocycles. The van der Waals surface area contributed by atoms with E-state index in [2.05, 4.69) is 26.9 Å². The summed E-state index contributed by atoms with van der Waals surface area (Å²) in [6, 6.07) is 1.30. The molecule has 0 spiro atoms. The molecule has 0 unspecified atom stereocenters. The third-order valence-electron chi connectivity index (χ3n) is 8.74. The van der Waals surface area contributed by atoms with Crippen molar-refractivity contribution in [3.05, 3.63) is 49.7 Å². The lowest BCUT2D eigenvalue weighted by molar-refractivity contribution is -0.143. The van der Waals surface area contributed by atoms with Crippen LogP contribution in [-0.4, -0.2) is 83.2 Å². The zero-order valence-electron chi connectivity index (χ0n) is 28.6. The molecule has 3 aliphatic rings. The lowest BCUT2D eigenvalue weighted by Crippen LogP contribution is -2.60. The van der Waals surface area contributed by atoms with E-state index in [-0.39, 0.29) is 19.4 Å². The first kappa shape index (κ1) is 35.9. The summed E-state index contributed by atoms with van der Waals surface area (Å²) < 4.78 is 44.3. The molecular formula is C34H45N5O9S. The molecule has 0 bridgehead atoms. The number of furan rings is 1. The average Bonchev–Trinajstić information content (AvgIpc) is 3.87. The van der Waals surface area contributed by atoms with E-state index in [1.54, 1.807) is 66.1 Å². The number of amides is 4. The SMILES string of the molecule is C=C[C@@H]1C[C@]1(NC(=O)[C@@H]1C[C@@H](Oc2cncc(-c3ccoc3)c2)CN1C(=O)[C@@H](NC(=O)OC(C)(C)C)C(C)(C)C)C(=O)NS(=O)(=O)C1CC1. The van der Waals surface area contributed by atoms with Crippen LogP contribution in [0, 0.1) is 11.3 Å². The summed E-state index contributed by atoms with van der Waals surface area (Å²) in [6.45, 7) is 14.2. The fourth-order valence-corrected chi connectivity index (χ4v) is 7.26. The van der Waals surface area contributed by atoms with E-state index in [1.165, 1.54) is 23.4 Å².